The van der Waals surface area contributed by atoms with Crippen molar-refractivity contribution in [1.82, 2.24) is 9.88 Å². The van der Waals surface area contributed by atoms with Crippen molar-refractivity contribution in [3.63, 3.8) is 0 Å². The van der Waals surface area contributed by atoms with E-state index in [9.17, 15) is 9.18 Å². The summed E-state index contributed by atoms with van der Waals surface area (Å²) in [6, 6.07) is 1.13. The Bertz CT molecular complexity index is 687. The van der Waals surface area contributed by atoms with Gasteiger partial charge in [-0.05, 0) is 38.8 Å². The number of carbonyl (C=O) groups is 1. The number of hydrogen-bond donors (Lipinski definition) is 0. The molecule has 24 heavy (non-hydrogen) atoms. The fourth-order valence-electron chi connectivity index (χ4n) is 3.06. The van der Waals surface area contributed by atoms with Gasteiger partial charge in [0.25, 0.3) is 0 Å². The van der Waals surface area contributed by atoms with Gasteiger partial charge in [0.05, 0.1) is 25.3 Å². The monoisotopic (exact) mass is 354 g/mol. The highest BCUT2D eigenvalue weighted by Gasteiger charge is 2.40. The predicted octanol–water partition coefficient (Wildman–Crippen LogP) is 3.67. The third kappa shape index (κ3) is 3.39. The van der Waals surface area contributed by atoms with Gasteiger partial charge >= 0.3 is 6.09 Å². The van der Waals surface area contributed by atoms with E-state index < -0.39 is 11.4 Å². The molecule has 0 radical (unpaired) electrons. The lowest BCUT2D eigenvalue weighted by Crippen LogP contribution is -2.57. The number of pyridine rings is 1. The van der Waals surface area contributed by atoms with Crippen molar-refractivity contribution in [2.75, 3.05) is 13.2 Å². The van der Waals surface area contributed by atoms with Gasteiger partial charge in [-0.1, -0.05) is 17.7 Å². The molecule has 1 aromatic heterocycles. The SMILES string of the molecule is CC(C)(C)OC(=O)N1C2C=C(c3ccnc(Cl)c3F)CC1COC2. The summed E-state index contributed by atoms with van der Waals surface area (Å²) in [6.07, 6.45) is 3.44. The van der Waals surface area contributed by atoms with Crippen LogP contribution in [0.5, 0.6) is 0 Å². The number of aromatic nitrogens is 1. The Kier molecular flexibility index (Phi) is 4.53. The van der Waals surface area contributed by atoms with Crippen LogP contribution in [-0.4, -0.2) is 46.9 Å². The van der Waals surface area contributed by atoms with Gasteiger partial charge < -0.3 is 9.47 Å². The highest BCUT2D eigenvalue weighted by molar-refractivity contribution is 6.29. The molecule has 1 saturated heterocycles. The highest BCUT2D eigenvalue weighted by atomic mass is 35.5. The number of morpholine rings is 1. The van der Waals surface area contributed by atoms with Crippen molar-refractivity contribution >= 4 is 23.3 Å². The minimum absolute atomic E-state index is 0.149. The van der Waals surface area contributed by atoms with E-state index in [0.29, 0.717) is 25.2 Å². The molecule has 0 aromatic carbocycles. The molecule has 0 N–H and O–H groups in total. The van der Waals surface area contributed by atoms with Crippen LogP contribution in [0.15, 0.2) is 18.3 Å². The molecule has 3 rings (SSSR count). The van der Waals surface area contributed by atoms with Crippen LogP contribution >= 0.6 is 11.6 Å². The van der Waals surface area contributed by atoms with E-state index in [-0.39, 0.29) is 23.3 Å². The Morgan fingerprint density at radius 2 is 2.21 bits per heavy atom. The van der Waals surface area contributed by atoms with Gasteiger partial charge in [-0.25, -0.2) is 14.2 Å². The summed E-state index contributed by atoms with van der Waals surface area (Å²) in [5, 5.41) is -0.149. The molecule has 0 saturated carbocycles. The summed E-state index contributed by atoms with van der Waals surface area (Å²) in [5.74, 6) is -0.532. The largest absolute Gasteiger partial charge is 0.444 e. The summed E-state index contributed by atoms with van der Waals surface area (Å²) in [5.41, 5.74) is 0.673. The second-order valence-electron chi connectivity index (χ2n) is 7.01. The van der Waals surface area contributed by atoms with Crippen molar-refractivity contribution in [3.8, 4) is 0 Å². The van der Waals surface area contributed by atoms with Crippen molar-refractivity contribution < 1.29 is 18.7 Å². The molecule has 5 nitrogen and oxygen atoms in total. The lowest BCUT2D eigenvalue weighted by molar-refractivity contribution is -0.0510. The number of halogens is 2. The molecule has 0 aliphatic carbocycles. The molecular formula is C17H20ClFN2O3. The number of ether oxygens (including phenoxy) is 2. The molecule has 130 valence electrons. The van der Waals surface area contributed by atoms with E-state index in [1.807, 2.05) is 26.8 Å². The van der Waals surface area contributed by atoms with Crippen LogP contribution in [0.2, 0.25) is 5.15 Å². The molecule has 2 aliphatic heterocycles. The fourth-order valence-corrected chi connectivity index (χ4v) is 3.22. The zero-order valence-corrected chi connectivity index (χ0v) is 14.6. The van der Waals surface area contributed by atoms with Crippen molar-refractivity contribution in [1.29, 1.82) is 0 Å². The van der Waals surface area contributed by atoms with Gasteiger partial charge in [0.2, 0.25) is 0 Å². The van der Waals surface area contributed by atoms with Crippen LogP contribution in [-0.2, 0) is 9.47 Å². The minimum Gasteiger partial charge on any atom is -0.444 e. The van der Waals surface area contributed by atoms with Gasteiger partial charge in [-0.2, -0.15) is 0 Å². The van der Waals surface area contributed by atoms with Gasteiger partial charge in [0, 0.05) is 11.8 Å². The van der Waals surface area contributed by atoms with Crippen LogP contribution in [0.25, 0.3) is 5.57 Å². The van der Waals surface area contributed by atoms with Gasteiger partial charge in [0.1, 0.15) is 5.60 Å². The number of carbonyl (C=O) groups excluding carboxylic acids is 1. The number of rotatable bonds is 1. The number of nitrogens with zero attached hydrogens (tertiary/aromatic N) is 2. The van der Waals surface area contributed by atoms with Crippen LogP contribution in [0.1, 0.15) is 32.8 Å². The van der Waals surface area contributed by atoms with E-state index in [1.165, 1.54) is 6.20 Å². The molecule has 1 aromatic rings. The minimum atomic E-state index is -0.568. The van der Waals surface area contributed by atoms with Crippen LogP contribution in [0.4, 0.5) is 9.18 Å². The van der Waals surface area contributed by atoms with E-state index >= 15 is 0 Å². The number of fused-ring (bicyclic) bond motifs is 2. The van der Waals surface area contributed by atoms with Gasteiger partial charge in [0.15, 0.2) is 11.0 Å². The van der Waals surface area contributed by atoms with Gasteiger partial charge in [-0.3, -0.25) is 4.90 Å². The Balaban J connectivity index is 1.90. The molecule has 2 atom stereocenters. The van der Waals surface area contributed by atoms with E-state index in [4.69, 9.17) is 21.1 Å². The average Bonchev–Trinajstić information content (AvgIpc) is 2.47. The summed E-state index contributed by atoms with van der Waals surface area (Å²) < 4.78 is 25.3. The first-order chi connectivity index (χ1) is 11.3. The standard InChI is InChI=1S/C17H20ClFN2O3/c1-17(2,3)24-16(22)21-11-6-10(7-12(21)9-23-8-11)13-4-5-20-15(18)14(13)19/h4-6,11-12H,7-9H2,1-3H3. The smallest absolute Gasteiger partial charge is 0.411 e. The second kappa shape index (κ2) is 6.33. The predicted molar refractivity (Wildman–Crippen MR) is 88.3 cm³/mol. The van der Waals surface area contributed by atoms with Crippen molar-refractivity contribution in [2.45, 2.75) is 44.9 Å². The number of hydrogen-bond acceptors (Lipinski definition) is 4. The molecule has 7 heteroatoms. The Morgan fingerprint density at radius 3 is 2.88 bits per heavy atom. The fraction of sp³-hybridized carbons (Fsp3) is 0.529. The summed E-state index contributed by atoms with van der Waals surface area (Å²) in [4.78, 5) is 17.9. The maximum atomic E-state index is 14.3. The molecule has 1 fully saturated rings. The van der Waals surface area contributed by atoms with Crippen LogP contribution in [0.3, 0.4) is 0 Å². The van der Waals surface area contributed by atoms with Crippen LogP contribution in [0, 0.1) is 5.82 Å². The first kappa shape index (κ1) is 17.2. The quantitative estimate of drug-likeness (QED) is 0.722. The lowest BCUT2D eigenvalue weighted by atomic mass is 9.90. The third-order valence-electron chi connectivity index (χ3n) is 4.00. The van der Waals surface area contributed by atoms with E-state index in [0.717, 1.165) is 5.57 Å². The Morgan fingerprint density at radius 1 is 1.46 bits per heavy atom. The molecule has 2 unspecified atom stereocenters. The van der Waals surface area contributed by atoms with Crippen molar-refractivity contribution in [3.05, 3.63) is 34.9 Å². The van der Waals surface area contributed by atoms with Crippen molar-refractivity contribution in [2.24, 2.45) is 0 Å². The third-order valence-corrected chi connectivity index (χ3v) is 4.26. The number of amides is 1. The highest BCUT2D eigenvalue weighted by Crippen LogP contribution is 2.35. The molecule has 1 amide bonds. The maximum absolute atomic E-state index is 14.3. The molecular weight excluding hydrogens is 335 g/mol. The van der Waals surface area contributed by atoms with Gasteiger partial charge in [-0.15, -0.1) is 0 Å². The average molecular weight is 355 g/mol. The topological polar surface area (TPSA) is 51.7 Å². The summed E-state index contributed by atoms with van der Waals surface area (Å²) in [6.45, 7) is 6.25. The summed E-state index contributed by atoms with van der Waals surface area (Å²) in [7, 11) is 0. The Hall–Kier alpha value is -1.66. The zero-order chi connectivity index (χ0) is 17.5. The first-order valence-electron chi connectivity index (χ1n) is 7.86. The summed E-state index contributed by atoms with van der Waals surface area (Å²) >= 11 is 5.78. The van der Waals surface area contributed by atoms with E-state index in [1.54, 1.807) is 11.0 Å². The van der Waals surface area contributed by atoms with Crippen LogP contribution < -0.4 is 0 Å². The molecule has 2 aliphatic rings. The lowest BCUT2D eigenvalue weighted by Gasteiger charge is -2.44. The normalized spacial score (nSPS) is 23.7. The first-order valence-corrected chi connectivity index (χ1v) is 8.24. The second-order valence-corrected chi connectivity index (χ2v) is 7.36. The maximum Gasteiger partial charge on any atom is 0.411 e. The zero-order valence-electron chi connectivity index (χ0n) is 13.9. The molecule has 2 bridgehead atoms. The molecule has 0 spiro atoms. The van der Waals surface area contributed by atoms with E-state index in [2.05, 4.69) is 4.98 Å². The molecule has 3 heterocycles. The Labute approximate surface area is 145 Å².